The quantitative estimate of drug-likeness (QED) is 0.671. The highest BCUT2D eigenvalue weighted by molar-refractivity contribution is 9.10. The first-order valence-corrected chi connectivity index (χ1v) is 11.8. The Hall–Kier alpha value is -1.90. The average Bonchev–Trinajstić information content (AvgIpc) is 2.69. The summed E-state index contributed by atoms with van der Waals surface area (Å²) in [6.45, 7) is 4.91. The van der Waals surface area contributed by atoms with Gasteiger partial charge in [0.1, 0.15) is 5.75 Å². The number of hydrogen-bond donors (Lipinski definition) is 1. The number of halogens is 1. The number of aryl methyl sites for hydroxylation is 1. The number of hydrogen-bond acceptors (Lipinski definition) is 4. The van der Waals surface area contributed by atoms with Gasteiger partial charge in [0.25, 0.3) is 0 Å². The van der Waals surface area contributed by atoms with E-state index in [1.165, 1.54) is 4.31 Å². The van der Waals surface area contributed by atoms with Gasteiger partial charge in [-0.1, -0.05) is 22.0 Å². The number of nitrogens with zero attached hydrogens (tertiary/aromatic N) is 1. The van der Waals surface area contributed by atoms with Gasteiger partial charge in [0.2, 0.25) is 15.9 Å². The average molecular weight is 481 g/mol. The van der Waals surface area contributed by atoms with Crippen LogP contribution in [0.1, 0.15) is 25.3 Å². The summed E-state index contributed by atoms with van der Waals surface area (Å²) in [4.78, 5) is 12.8. The summed E-state index contributed by atoms with van der Waals surface area (Å²) < 4.78 is 33.8. The number of sulfonamides is 1. The van der Waals surface area contributed by atoms with E-state index >= 15 is 0 Å². The fourth-order valence-corrected chi connectivity index (χ4v) is 5.37. The molecule has 2 aromatic rings. The van der Waals surface area contributed by atoms with Crippen molar-refractivity contribution in [3.63, 3.8) is 0 Å². The summed E-state index contributed by atoms with van der Waals surface area (Å²) in [6.07, 6.45) is 0.990. The van der Waals surface area contributed by atoms with Crippen LogP contribution in [0.25, 0.3) is 0 Å². The highest BCUT2D eigenvalue weighted by Gasteiger charge is 2.32. The maximum absolute atomic E-state index is 13.0. The number of carbonyl (C=O) groups is 1. The largest absolute Gasteiger partial charge is 0.494 e. The molecule has 1 aliphatic rings. The number of ether oxygens (including phenoxy) is 1. The molecular weight excluding hydrogens is 456 g/mol. The zero-order valence-corrected chi connectivity index (χ0v) is 18.9. The maximum atomic E-state index is 13.0. The minimum atomic E-state index is -3.59. The Morgan fingerprint density at radius 2 is 1.93 bits per heavy atom. The fourth-order valence-electron chi connectivity index (χ4n) is 3.42. The van der Waals surface area contributed by atoms with Crippen LogP contribution in [-0.2, 0) is 14.8 Å². The third-order valence-corrected chi connectivity index (χ3v) is 7.39. The van der Waals surface area contributed by atoms with E-state index in [4.69, 9.17) is 4.74 Å². The molecule has 0 aliphatic carbocycles. The van der Waals surface area contributed by atoms with Gasteiger partial charge in [0, 0.05) is 29.2 Å². The van der Waals surface area contributed by atoms with Crippen LogP contribution >= 0.6 is 15.9 Å². The number of nitrogens with one attached hydrogen (secondary N) is 1. The molecular formula is C21H25BrN2O4S. The van der Waals surface area contributed by atoms with Crippen molar-refractivity contribution < 1.29 is 17.9 Å². The van der Waals surface area contributed by atoms with Gasteiger partial charge >= 0.3 is 0 Å². The predicted octanol–water partition coefficient (Wildman–Crippen LogP) is 4.20. The number of amides is 1. The Bertz CT molecular complexity index is 986. The van der Waals surface area contributed by atoms with Gasteiger partial charge in [0.05, 0.1) is 11.5 Å². The second kappa shape index (κ2) is 9.28. The van der Waals surface area contributed by atoms with Gasteiger partial charge in [0.15, 0.2) is 0 Å². The summed E-state index contributed by atoms with van der Waals surface area (Å²) >= 11 is 3.39. The molecule has 6 nitrogen and oxygen atoms in total. The number of carbonyl (C=O) groups excluding carboxylic acids is 1. The van der Waals surface area contributed by atoms with Crippen LogP contribution in [0.2, 0.25) is 0 Å². The second-order valence-corrected chi connectivity index (χ2v) is 9.89. The fraction of sp³-hybridized carbons (Fsp3) is 0.381. The number of rotatable bonds is 6. The summed E-state index contributed by atoms with van der Waals surface area (Å²) in [7, 11) is -3.59. The zero-order chi connectivity index (χ0) is 21.0. The first kappa shape index (κ1) is 21.8. The maximum Gasteiger partial charge on any atom is 0.243 e. The highest BCUT2D eigenvalue weighted by atomic mass is 79.9. The first-order chi connectivity index (χ1) is 13.8. The van der Waals surface area contributed by atoms with Crippen molar-refractivity contribution in [2.75, 3.05) is 25.0 Å². The molecule has 1 fully saturated rings. The van der Waals surface area contributed by atoms with Crippen molar-refractivity contribution in [2.45, 2.75) is 31.6 Å². The predicted molar refractivity (Wildman–Crippen MR) is 117 cm³/mol. The molecule has 0 aromatic heterocycles. The number of anilines is 1. The van der Waals surface area contributed by atoms with Gasteiger partial charge in [-0.25, -0.2) is 8.42 Å². The first-order valence-electron chi connectivity index (χ1n) is 9.61. The molecule has 0 saturated carbocycles. The molecule has 156 valence electrons. The lowest BCUT2D eigenvalue weighted by molar-refractivity contribution is -0.120. The molecule has 2 aromatic carbocycles. The standard InChI is InChI=1S/C21H25BrN2O4S/c1-3-28-20-8-7-19(13-15(20)2)29(26,27)24-11-9-16(10-12-24)21(25)23-18-6-4-5-17(22)14-18/h4-8,13-14,16H,3,9-12H2,1-2H3,(H,23,25). The molecule has 0 atom stereocenters. The Morgan fingerprint density at radius 1 is 1.21 bits per heavy atom. The van der Waals surface area contributed by atoms with Crippen molar-refractivity contribution in [3.05, 3.63) is 52.5 Å². The minimum Gasteiger partial charge on any atom is -0.494 e. The van der Waals surface area contributed by atoms with Crippen molar-refractivity contribution in [3.8, 4) is 5.75 Å². The van der Waals surface area contributed by atoms with E-state index in [9.17, 15) is 13.2 Å². The minimum absolute atomic E-state index is 0.0722. The highest BCUT2D eigenvalue weighted by Crippen LogP contribution is 2.28. The third kappa shape index (κ3) is 5.18. The normalized spacial score (nSPS) is 15.8. The van der Waals surface area contributed by atoms with Crippen molar-refractivity contribution in [2.24, 2.45) is 5.92 Å². The van der Waals surface area contributed by atoms with E-state index in [2.05, 4.69) is 21.2 Å². The Kier molecular flexibility index (Phi) is 6.97. The van der Waals surface area contributed by atoms with Gasteiger partial charge in [-0.15, -0.1) is 0 Å². The smallest absolute Gasteiger partial charge is 0.243 e. The third-order valence-electron chi connectivity index (χ3n) is 5.00. The molecule has 8 heteroatoms. The van der Waals surface area contributed by atoms with Gasteiger partial charge in [-0.2, -0.15) is 4.31 Å². The van der Waals surface area contributed by atoms with Crippen molar-refractivity contribution in [1.82, 2.24) is 4.31 Å². The molecule has 0 bridgehead atoms. The summed E-state index contributed by atoms with van der Waals surface area (Å²) in [5, 5.41) is 2.91. The lowest BCUT2D eigenvalue weighted by Crippen LogP contribution is -2.41. The molecule has 1 heterocycles. The molecule has 1 saturated heterocycles. The Morgan fingerprint density at radius 3 is 2.55 bits per heavy atom. The topological polar surface area (TPSA) is 75.7 Å². The van der Waals surface area contributed by atoms with Crippen molar-refractivity contribution >= 4 is 37.5 Å². The monoisotopic (exact) mass is 480 g/mol. The molecule has 3 rings (SSSR count). The molecule has 1 N–H and O–H groups in total. The second-order valence-electron chi connectivity index (χ2n) is 7.04. The lowest BCUT2D eigenvalue weighted by Gasteiger charge is -2.30. The van der Waals surface area contributed by atoms with Gasteiger partial charge in [-0.3, -0.25) is 4.79 Å². The van der Waals surface area contributed by atoms with Crippen LogP contribution in [0.5, 0.6) is 5.75 Å². The summed E-state index contributed by atoms with van der Waals surface area (Å²) in [6, 6.07) is 12.3. The molecule has 0 spiro atoms. The van der Waals surface area contributed by atoms with E-state index < -0.39 is 10.0 Å². The number of piperidine rings is 1. The molecule has 29 heavy (non-hydrogen) atoms. The SMILES string of the molecule is CCOc1ccc(S(=O)(=O)N2CCC(C(=O)Nc3cccc(Br)c3)CC2)cc1C. The molecule has 0 unspecified atom stereocenters. The van der Waals surface area contributed by atoms with Crippen LogP contribution in [0, 0.1) is 12.8 Å². The van der Waals surface area contributed by atoms with E-state index in [1.807, 2.05) is 38.1 Å². The lowest BCUT2D eigenvalue weighted by atomic mass is 9.97. The van der Waals surface area contributed by atoms with E-state index in [1.54, 1.807) is 18.2 Å². The van der Waals surface area contributed by atoms with Crippen LogP contribution in [0.4, 0.5) is 5.69 Å². The molecule has 1 aliphatic heterocycles. The van der Waals surface area contributed by atoms with Crippen LogP contribution in [0.15, 0.2) is 51.8 Å². The van der Waals surface area contributed by atoms with E-state index in [-0.39, 0.29) is 16.7 Å². The summed E-state index contributed by atoms with van der Waals surface area (Å²) in [5.41, 5.74) is 1.51. The molecule has 1 amide bonds. The Balaban J connectivity index is 1.63. The van der Waals surface area contributed by atoms with E-state index in [0.29, 0.717) is 38.3 Å². The molecule has 0 radical (unpaired) electrons. The van der Waals surface area contributed by atoms with E-state index in [0.717, 1.165) is 15.7 Å². The number of benzene rings is 2. The van der Waals surface area contributed by atoms with Gasteiger partial charge < -0.3 is 10.1 Å². The van der Waals surface area contributed by atoms with Gasteiger partial charge in [-0.05, 0) is 68.7 Å². The summed E-state index contributed by atoms with van der Waals surface area (Å²) in [5.74, 6) is 0.411. The Labute approximate surface area is 180 Å². The van der Waals surface area contributed by atoms with Crippen LogP contribution < -0.4 is 10.1 Å². The van der Waals surface area contributed by atoms with Crippen molar-refractivity contribution in [1.29, 1.82) is 0 Å². The van der Waals surface area contributed by atoms with Crippen LogP contribution in [-0.4, -0.2) is 38.3 Å². The van der Waals surface area contributed by atoms with Crippen LogP contribution in [0.3, 0.4) is 0 Å². The zero-order valence-electron chi connectivity index (χ0n) is 16.5.